The molecule has 1 aliphatic heterocycles. The second kappa shape index (κ2) is 7.26. The first-order valence-electron chi connectivity index (χ1n) is 9.30. The van der Waals surface area contributed by atoms with Crippen molar-refractivity contribution in [3.63, 3.8) is 0 Å². The Hall–Kier alpha value is -0.0800. The number of likely N-dealkylation sites (tertiary alicyclic amines) is 1. The summed E-state index contributed by atoms with van der Waals surface area (Å²) >= 11 is 0. The zero-order valence-electron chi connectivity index (χ0n) is 13.4. The third kappa shape index (κ3) is 3.39. The van der Waals surface area contributed by atoms with E-state index in [2.05, 4.69) is 17.3 Å². The van der Waals surface area contributed by atoms with E-state index in [0.717, 1.165) is 23.9 Å². The number of nitrogens with one attached hydrogen (secondary N) is 1. The molecule has 0 aromatic rings. The molecule has 3 aliphatic rings. The molecular weight excluding hydrogens is 244 g/mol. The van der Waals surface area contributed by atoms with Crippen LogP contribution in [0.15, 0.2) is 0 Å². The van der Waals surface area contributed by atoms with Crippen LogP contribution < -0.4 is 5.32 Å². The van der Waals surface area contributed by atoms with Gasteiger partial charge in [-0.25, -0.2) is 0 Å². The van der Waals surface area contributed by atoms with E-state index < -0.39 is 0 Å². The average molecular weight is 278 g/mol. The molecule has 0 aromatic carbocycles. The zero-order chi connectivity index (χ0) is 13.8. The van der Waals surface area contributed by atoms with Crippen LogP contribution >= 0.6 is 0 Å². The Bertz CT molecular complexity index is 285. The fourth-order valence-corrected chi connectivity index (χ4v) is 5.24. The molecule has 1 N–H and O–H groups in total. The zero-order valence-corrected chi connectivity index (χ0v) is 13.4. The highest BCUT2D eigenvalue weighted by molar-refractivity contribution is 4.90. The molecule has 0 aromatic heterocycles. The third-order valence-electron chi connectivity index (χ3n) is 6.36. The molecule has 3 rings (SSSR count). The van der Waals surface area contributed by atoms with Gasteiger partial charge in [-0.05, 0) is 64.0 Å². The van der Waals surface area contributed by atoms with Crippen LogP contribution in [0.25, 0.3) is 0 Å². The Kier molecular flexibility index (Phi) is 5.39. The highest BCUT2D eigenvalue weighted by Crippen LogP contribution is 2.36. The first kappa shape index (κ1) is 14.8. The van der Waals surface area contributed by atoms with E-state index in [4.69, 9.17) is 0 Å². The summed E-state index contributed by atoms with van der Waals surface area (Å²) in [5.41, 5.74) is 0. The molecule has 0 bridgehead atoms. The summed E-state index contributed by atoms with van der Waals surface area (Å²) < 4.78 is 0. The summed E-state index contributed by atoms with van der Waals surface area (Å²) in [6.07, 6.45) is 16.2. The molecule has 116 valence electrons. The average Bonchev–Trinajstić information content (AvgIpc) is 3.07. The molecule has 3 atom stereocenters. The smallest absolute Gasteiger partial charge is 0.0124 e. The minimum atomic E-state index is 0.780. The molecule has 2 heteroatoms. The molecule has 2 nitrogen and oxygen atoms in total. The van der Waals surface area contributed by atoms with Crippen LogP contribution in [0.2, 0.25) is 0 Å². The monoisotopic (exact) mass is 278 g/mol. The van der Waals surface area contributed by atoms with Gasteiger partial charge in [0, 0.05) is 18.6 Å². The van der Waals surface area contributed by atoms with E-state index in [1.807, 2.05) is 0 Å². The van der Waals surface area contributed by atoms with Crippen LogP contribution in [0.1, 0.15) is 70.6 Å². The number of hydrogen-bond acceptors (Lipinski definition) is 2. The Labute approximate surface area is 125 Å². The Balaban J connectivity index is 1.59. The van der Waals surface area contributed by atoms with Crippen LogP contribution in [-0.2, 0) is 0 Å². The van der Waals surface area contributed by atoms with Gasteiger partial charge in [-0.15, -0.1) is 0 Å². The summed E-state index contributed by atoms with van der Waals surface area (Å²) in [5.74, 6) is 1.95. The second-order valence-corrected chi connectivity index (χ2v) is 7.54. The summed E-state index contributed by atoms with van der Waals surface area (Å²) in [6.45, 7) is 2.76. The lowest BCUT2D eigenvalue weighted by Gasteiger charge is -2.35. The van der Waals surface area contributed by atoms with E-state index in [0.29, 0.717) is 0 Å². The SMILES string of the molecule is CNC1CCCCCC1CN1CCCC1C1CCCC1. The molecule has 3 unspecified atom stereocenters. The van der Waals surface area contributed by atoms with Gasteiger partial charge in [0.1, 0.15) is 0 Å². The van der Waals surface area contributed by atoms with Gasteiger partial charge in [-0.2, -0.15) is 0 Å². The molecule has 0 radical (unpaired) electrons. The number of hydrogen-bond donors (Lipinski definition) is 1. The summed E-state index contributed by atoms with van der Waals surface area (Å²) in [7, 11) is 2.18. The van der Waals surface area contributed by atoms with Crippen LogP contribution in [0.5, 0.6) is 0 Å². The van der Waals surface area contributed by atoms with Crippen molar-refractivity contribution in [1.29, 1.82) is 0 Å². The Morgan fingerprint density at radius 1 is 0.850 bits per heavy atom. The van der Waals surface area contributed by atoms with Crippen molar-refractivity contribution < 1.29 is 0 Å². The van der Waals surface area contributed by atoms with Gasteiger partial charge >= 0.3 is 0 Å². The molecule has 2 aliphatic carbocycles. The highest BCUT2D eigenvalue weighted by atomic mass is 15.2. The van der Waals surface area contributed by atoms with Crippen molar-refractivity contribution in [3.05, 3.63) is 0 Å². The van der Waals surface area contributed by atoms with Gasteiger partial charge in [-0.3, -0.25) is 4.90 Å². The maximum atomic E-state index is 3.63. The standard InChI is InChI=1S/C18H34N2/c1-19-17-11-4-2-3-10-16(17)14-20-13-7-12-18(20)15-8-5-6-9-15/h15-19H,2-14H2,1H3. The maximum absolute atomic E-state index is 3.63. The van der Waals surface area contributed by atoms with Crippen LogP contribution in [0.4, 0.5) is 0 Å². The summed E-state index contributed by atoms with van der Waals surface area (Å²) in [5, 5.41) is 3.63. The maximum Gasteiger partial charge on any atom is 0.0124 e. The largest absolute Gasteiger partial charge is 0.317 e. The number of rotatable bonds is 4. The topological polar surface area (TPSA) is 15.3 Å². The Morgan fingerprint density at radius 2 is 1.60 bits per heavy atom. The third-order valence-corrected chi connectivity index (χ3v) is 6.36. The Morgan fingerprint density at radius 3 is 2.40 bits per heavy atom. The van der Waals surface area contributed by atoms with Crippen LogP contribution in [-0.4, -0.2) is 37.1 Å². The predicted molar refractivity (Wildman–Crippen MR) is 86.0 cm³/mol. The molecule has 20 heavy (non-hydrogen) atoms. The van der Waals surface area contributed by atoms with Gasteiger partial charge in [0.05, 0.1) is 0 Å². The molecule has 0 spiro atoms. The van der Waals surface area contributed by atoms with Gasteiger partial charge in [-0.1, -0.05) is 32.1 Å². The van der Waals surface area contributed by atoms with Crippen molar-refractivity contribution in [1.82, 2.24) is 10.2 Å². The molecule has 1 heterocycles. The minimum Gasteiger partial charge on any atom is -0.317 e. The van der Waals surface area contributed by atoms with Crippen LogP contribution in [0, 0.1) is 11.8 Å². The molecule has 0 amide bonds. The van der Waals surface area contributed by atoms with Crippen molar-refractivity contribution in [3.8, 4) is 0 Å². The normalized spacial score (nSPS) is 37.4. The molecule has 3 fully saturated rings. The molecule has 2 saturated carbocycles. The fourth-order valence-electron chi connectivity index (χ4n) is 5.24. The second-order valence-electron chi connectivity index (χ2n) is 7.54. The van der Waals surface area contributed by atoms with E-state index in [1.165, 1.54) is 83.7 Å². The van der Waals surface area contributed by atoms with E-state index >= 15 is 0 Å². The summed E-state index contributed by atoms with van der Waals surface area (Å²) in [6, 6.07) is 1.72. The first-order valence-corrected chi connectivity index (χ1v) is 9.30. The van der Waals surface area contributed by atoms with E-state index in [1.54, 1.807) is 0 Å². The van der Waals surface area contributed by atoms with E-state index in [-0.39, 0.29) is 0 Å². The summed E-state index contributed by atoms with van der Waals surface area (Å²) in [4.78, 5) is 2.90. The lowest BCUT2D eigenvalue weighted by atomic mass is 9.91. The first-order chi connectivity index (χ1) is 9.88. The van der Waals surface area contributed by atoms with Gasteiger partial charge in [0.15, 0.2) is 0 Å². The van der Waals surface area contributed by atoms with Crippen molar-refractivity contribution in [2.75, 3.05) is 20.1 Å². The van der Waals surface area contributed by atoms with Gasteiger partial charge in [0.25, 0.3) is 0 Å². The lowest BCUT2D eigenvalue weighted by molar-refractivity contribution is 0.146. The van der Waals surface area contributed by atoms with Crippen molar-refractivity contribution >= 4 is 0 Å². The minimum absolute atomic E-state index is 0.780. The molecule has 1 saturated heterocycles. The lowest BCUT2D eigenvalue weighted by Crippen LogP contribution is -2.43. The van der Waals surface area contributed by atoms with E-state index in [9.17, 15) is 0 Å². The quantitative estimate of drug-likeness (QED) is 0.787. The van der Waals surface area contributed by atoms with Crippen molar-refractivity contribution in [2.45, 2.75) is 82.7 Å². The highest BCUT2D eigenvalue weighted by Gasteiger charge is 2.35. The van der Waals surface area contributed by atoms with Crippen LogP contribution in [0.3, 0.4) is 0 Å². The fraction of sp³-hybridized carbons (Fsp3) is 1.00. The van der Waals surface area contributed by atoms with Gasteiger partial charge in [0.2, 0.25) is 0 Å². The molecular formula is C18H34N2. The van der Waals surface area contributed by atoms with Gasteiger partial charge < -0.3 is 5.32 Å². The van der Waals surface area contributed by atoms with Crippen molar-refractivity contribution in [2.24, 2.45) is 11.8 Å². The number of nitrogens with zero attached hydrogens (tertiary/aromatic N) is 1. The predicted octanol–water partition coefficient (Wildman–Crippen LogP) is 3.81.